The first kappa shape index (κ1) is 22.4. The van der Waals surface area contributed by atoms with Gasteiger partial charge in [0.2, 0.25) is 5.91 Å². The molecule has 1 saturated heterocycles. The van der Waals surface area contributed by atoms with Crippen LogP contribution in [0.25, 0.3) is 0 Å². The van der Waals surface area contributed by atoms with Crippen LogP contribution in [0.5, 0.6) is 0 Å². The van der Waals surface area contributed by atoms with Gasteiger partial charge in [0.15, 0.2) is 0 Å². The summed E-state index contributed by atoms with van der Waals surface area (Å²) in [4.78, 5) is 27.2. The Hall–Kier alpha value is -1.30. The molecule has 29 heavy (non-hydrogen) atoms. The Labute approximate surface area is 176 Å². The van der Waals surface area contributed by atoms with Crippen LogP contribution in [-0.2, 0) is 4.79 Å². The molecule has 1 aliphatic heterocycles. The number of rotatable bonds is 4. The zero-order valence-electron chi connectivity index (χ0n) is 18.7. The highest BCUT2D eigenvalue weighted by molar-refractivity contribution is 5.79. The van der Waals surface area contributed by atoms with Crippen molar-refractivity contribution in [2.45, 2.75) is 84.8 Å². The Morgan fingerprint density at radius 1 is 1.17 bits per heavy atom. The standard InChI is InChI=1S/C23H41N3O3/c1-5-24-22(29)25-18-10-12-23(4)11-9-17(20(27)19(23)16(18)3)15(2)21(28)26-13-7-6-8-14-26/h15-20,27H,5-14H2,1-4H3,(H2,24,25,29)/t15-,16+,17-,18-,19+,20-,23-/m0/s1. The number of piperidine rings is 1. The number of hydrogen-bond acceptors (Lipinski definition) is 3. The van der Waals surface area contributed by atoms with Gasteiger partial charge in [-0.1, -0.05) is 20.8 Å². The van der Waals surface area contributed by atoms with Crippen molar-refractivity contribution in [3.63, 3.8) is 0 Å². The Balaban J connectivity index is 1.71. The second-order valence-electron chi connectivity index (χ2n) is 10.1. The number of nitrogens with zero attached hydrogens (tertiary/aromatic N) is 1. The zero-order valence-corrected chi connectivity index (χ0v) is 18.7. The molecule has 0 spiro atoms. The average Bonchev–Trinajstić information content (AvgIpc) is 2.70. The average molecular weight is 408 g/mol. The van der Waals surface area contributed by atoms with E-state index in [1.807, 2.05) is 18.7 Å². The molecule has 3 rings (SSSR count). The summed E-state index contributed by atoms with van der Waals surface area (Å²) in [5.74, 6) is 0.382. The van der Waals surface area contributed by atoms with Crippen LogP contribution in [0.4, 0.5) is 4.79 Å². The molecule has 3 aliphatic rings. The molecular formula is C23H41N3O3. The Kier molecular flexibility index (Phi) is 7.13. The molecule has 3 N–H and O–H groups in total. The molecule has 2 aliphatic carbocycles. The van der Waals surface area contributed by atoms with Crippen molar-refractivity contribution in [3.05, 3.63) is 0 Å². The third kappa shape index (κ3) is 4.57. The summed E-state index contributed by atoms with van der Waals surface area (Å²) in [5, 5.41) is 17.4. The normalized spacial score (nSPS) is 38.7. The summed E-state index contributed by atoms with van der Waals surface area (Å²) < 4.78 is 0. The van der Waals surface area contributed by atoms with Crippen molar-refractivity contribution in [1.82, 2.24) is 15.5 Å². The minimum atomic E-state index is -0.494. The lowest BCUT2D eigenvalue weighted by Crippen LogP contribution is -2.59. The van der Waals surface area contributed by atoms with Gasteiger partial charge in [-0.05, 0) is 75.0 Å². The number of fused-ring (bicyclic) bond motifs is 1. The molecule has 6 heteroatoms. The Morgan fingerprint density at radius 3 is 2.48 bits per heavy atom. The third-order valence-corrected chi connectivity index (χ3v) is 8.24. The van der Waals surface area contributed by atoms with Gasteiger partial charge in [-0.2, -0.15) is 0 Å². The maximum absolute atomic E-state index is 13.1. The van der Waals surface area contributed by atoms with Gasteiger partial charge in [-0.3, -0.25) is 4.79 Å². The van der Waals surface area contributed by atoms with Gasteiger partial charge < -0.3 is 20.6 Å². The van der Waals surface area contributed by atoms with Crippen molar-refractivity contribution in [2.24, 2.45) is 29.1 Å². The highest BCUT2D eigenvalue weighted by Gasteiger charge is 2.54. The number of urea groups is 1. The van der Waals surface area contributed by atoms with Crippen LogP contribution in [-0.4, -0.2) is 53.7 Å². The highest BCUT2D eigenvalue weighted by atomic mass is 16.3. The molecule has 1 heterocycles. The first-order valence-electron chi connectivity index (χ1n) is 11.8. The van der Waals surface area contributed by atoms with E-state index in [9.17, 15) is 14.7 Å². The number of likely N-dealkylation sites (tertiary alicyclic amines) is 1. The van der Waals surface area contributed by atoms with E-state index in [-0.39, 0.29) is 47.1 Å². The van der Waals surface area contributed by atoms with Gasteiger partial charge >= 0.3 is 6.03 Å². The van der Waals surface area contributed by atoms with E-state index < -0.39 is 6.10 Å². The van der Waals surface area contributed by atoms with Crippen molar-refractivity contribution >= 4 is 11.9 Å². The summed E-state index contributed by atoms with van der Waals surface area (Å²) in [6.45, 7) is 10.7. The van der Waals surface area contributed by atoms with Crippen LogP contribution in [0.3, 0.4) is 0 Å². The van der Waals surface area contributed by atoms with Gasteiger partial charge in [0.1, 0.15) is 0 Å². The smallest absolute Gasteiger partial charge is 0.315 e. The van der Waals surface area contributed by atoms with E-state index >= 15 is 0 Å². The summed E-state index contributed by atoms with van der Waals surface area (Å²) in [7, 11) is 0. The SMILES string of the molecule is CCNC(=O)N[C@H]1CC[C@]2(C)CC[C@@H]([C@H](C)C(=O)N3CCCCC3)[C@H](O)[C@H]2[C@@H]1C. The molecule has 0 aromatic carbocycles. The topological polar surface area (TPSA) is 81.7 Å². The molecule has 0 aromatic rings. The van der Waals surface area contributed by atoms with Crippen LogP contribution in [0, 0.1) is 29.1 Å². The molecule has 0 aromatic heterocycles. The number of hydrogen-bond donors (Lipinski definition) is 3. The van der Waals surface area contributed by atoms with Crippen LogP contribution < -0.4 is 10.6 Å². The molecule has 0 radical (unpaired) electrons. The van der Waals surface area contributed by atoms with Crippen molar-refractivity contribution in [2.75, 3.05) is 19.6 Å². The lowest BCUT2D eigenvalue weighted by molar-refractivity contribution is -0.150. The molecule has 0 unspecified atom stereocenters. The fraction of sp³-hybridized carbons (Fsp3) is 0.913. The van der Waals surface area contributed by atoms with E-state index in [2.05, 4.69) is 24.5 Å². The summed E-state index contributed by atoms with van der Waals surface area (Å²) in [6, 6.07) is -0.0513. The fourth-order valence-corrected chi connectivity index (χ4v) is 6.46. The van der Waals surface area contributed by atoms with Gasteiger partial charge in [-0.25, -0.2) is 4.79 Å². The minimum Gasteiger partial charge on any atom is -0.392 e. The van der Waals surface area contributed by atoms with Crippen molar-refractivity contribution in [1.29, 1.82) is 0 Å². The van der Waals surface area contributed by atoms with Crippen LogP contribution in [0.15, 0.2) is 0 Å². The molecule has 166 valence electrons. The number of amides is 3. The monoisotopic (exact) mass is 407 g/mol. The van der Waals surface area contributed by atoms with Gasteiger partial charge in [-0.15, -0.1) is 0 Å². The first-order valence-corrected chi connectivity index (χ1v) is 11.8. The quantitative estimate of drug-likeness (QED) is 0.670. The van der Waals surface area contributed by atoms with E-state index in [1.54, 1.807) is 0 Å². The lowest BCUT2D eigenvalue weighted by Gasteiger charge is -2.56. The summed E-state index contributed by atoms with van der Waals surface area (Å²) in [6.07, 6.45) is 6.83. The molecule has 3 amide bonds. The Bertz CT molecular complexity index is 592. The van der Waals surface area contributed by atoms with Crippen LogP contribution in [0.1, 0.15) is 72.6 Å². The lowest BCUT2D eigenvalue weighted by atomic mass is 9.51. The van der Waals surface area contributed by atoms with Crippen molar-refractivity contribution in [3.8, 4) is 0 Å². The minimum absolute atomic E-state index is 0.00756. The van der Waals surface area contributed by atoms with E-state index in [4.69, 9.17) is 0 Å². The number of carbonyl (C=O) groups is 2. The van der Waals surface area contributed by atoms with Gasteiger partial charge in [0.05, 0.1) is 6.10 Å². The molecule has 6 nitrogen and oxygen atoms in total. The second-order valence-corrected chi connectivity index (χ2v) is 10.1. The fourth-order valence-electron chi connectivity index (χ4n) is 6.46. The molecule has 7 atom stereocenters. The molecular weight excluding hydrogens is 366 g/mol. The maximum Gasteiger partial charge on any atom is 0.315 e. The maximum atomic E-state index is 13.1. The van der Waals surface area contributed by atoms with E-state index in [1.165, 1.54) is 6.42 Å². The number of aliphatic hydroxyl groups is 1. The predicted molar refractivity (Wildman–Crippen MR) is 114 cm³/mol. The second kappa shape index (κ2) is 9.23. The highest BCUT2D eigenvalue weighted by Crippen LogP contribution is 2.55. The largest absolute Gasteiger partial charge is 0.392 e. The number of aliphatic hydroxyl groups excluding tert-OH is 1. The number of carbonyl (C=O) groups excluding carboxylic acids is 2. The summed E-state index contributed by atoms with van der Waals surface area (Å²) >= 11 is 0. The van der Waals surface area contributed by atoms with Crippen LogP contribution in [0.2, 0.25) is 0 Å². The zero-order chi connectivity index (χ0) is 21.2. The van der Waals surface area contributed by atoms with E-state index in [0.29, 0.717) is 6.54 Å². The van der Waals surface area contributed by atoms with E-state index in [0.717, 1.165) is 51.6 Å². The number of nitrogens with one attached hydrogen (secondary N) is 2. The van der Waals surface area contributed by atoms with Crippen molar-refractivity contribution < 1.29 is 14.7 Å². The Morgan fingerprint density at radius 2 is 1.83 bits per heavy atom. The molecule has 3 fully saturated rings. The van der Waals surface area contributed by atoms with Crippen LogP contribution >= 0.6 is 0 Å². The molecule has 0 bridgehead atoms. The predicted octanol–water partition coefficient (Wildman–Crippen LogP) is 3.15. The first-order chi connectivity index (χ1) is 13.8. The van der Waals surface area contributed by atoms with Gasteiger partial charge in [0, 0.05) is 31.6 Å². The summed E-state index contributed by atoms with van der Waals surface area (Å²) in [5.41, 5.74) is 0.0860. The third-order valence-electron chi connectivity index (χ3n) is 8.24. The molecule has 2 saturated carbocycles. The van der Waals surface area contributed by atoms with Gasteiger partial charge in [0.25, 0.3) is 0 Å².